The van der Waals surface area contributed by atoms with Crippen LogP contribution >= 0.6 is 15.9 Å². The first-order chi connectivity index (χ1) is 7.33. The van der Waals surface area contributed by atoms with Crippen molar-refractivity contribution in [3.8, 4) is 5.88 Å². The van der Waals surface area contributed by atoms with Crippen LogP contribution in [0.5, 0.6) is 5.88 Å². The molecule has 0 amide bonds. The van der Waals surface area contributed by atoms with Crippen LogP contribution < -0.4 is 4.74 Å². The molecule has 3 rings (SSSR count). The number of ether oxygens (including phenoxy) is 1. The molecule has 0 radical (unpaired) electrons. The van der Waals surface area contributed by atoms with Crippen molar-refractivity contribution in [2.45, 2.75) is 12.8 Å². The SMILES string of the molecule is Brc1ccc2nc3c(cc2c1)CCCO3. The Bertz CT molecular complexity index is 524. The molecule has 3 heteroatoms. The van der Waals surface area contributed by atoms with Gasteiger partial charge in [-0.25, -0.2) is 4.98 Å². The fourth-order valence-electron chi connectivity index (χ4n) is 1.91. The molecule has 0 unspecified atom stereocenters. The highest BCUT2D eigenvalue weighted by Crippen LogP contribution is 2.27. The first-order valence-electron chi connectivity index (χ1n) is 5.05. The van der Waals surface area contributed by atoms with E-state index >= 15 is 0 Å². The van der Waals surface area contributed by atoms with Crippen LogP contribution in [0.25, 0.3) is 10.9 Å². The normalized spacial score (nSPS) is 14.7. The quantitative estimate of drug-likeness (QED) is 0.728. The van der Waals surface area contributed by atoms with E-state index in [1.165, 1.54) is 10.9 Å². The van der Waals surface area contributed by atoms with Crippen LogP contribution in [0.15, 0.2) is 28.7 Å². The molecule has 0 fully saturated rings. The molecule has 0 saturated carbocycles. The Kier molecular flexibility index (Phi) is 2.13. The molecule has 1 aromatic heterocycles. The number of fused-ring (bicyclic) bond motifs is 2. The summed E-state index contributed by atoms with van der Waals surface area (Å²) in [4.78, 5) is 4.51. The summed E-state index contributed by atoms with van der Waals surface area (Å²) in [7, 11) is 0. The van der Waals surface area contributed by atoms with Crippen LogP contribution in [0.3, 0.4) is 0 Å². The van der Waals surface area contributed by atoms with Crippen LogP contribution in [-0.2, 0) is 6.42 Å². The van der Waals surface area contributed by atoms with Crippen LogP contribution in [-0.4, -0.2) is 11.6 Å². The highest BCUT2D eigenvalue weighted by atomic mass is 79.9. The van der Waals surface area contributed by atoms with Crippen LogP contribution in [0.1, 0.15) is 12.0 Å². The van der Waals surface area contributed by atoms with Gasteiger partial charge >= 0.3 is 0 Å². The van der Waals surface area contributed by atoms with Gasteiger partial charge in [0.05, 0.1) is 12.1 Å². The van der Waals surface area contributed by atoms with Crippen molar-refractivity contribution in [3.63, 3.8) is 0 Å². The van der Waals surface area contributed by atoms with Crippen molar-refractivity contribution in [1.29, 1.82) is 0 Å². The number of halogens is 1. The fraction of sp³-hybridized carbons (Fsp3) is 0.250. The summed E-state index contributed by atoms with van der Waals surface area (Å²) in [6.07, 6.45) is 2.17. The first-order valence-corrected chi connectivity index (χ1v) is 5.84. The molecule has 0 aliphatic carbocycles. The van der Waals surface area contributed by atoms with Crippen LogP contribution in [0.4, 0.5) is 0 Å². The van der Waals surface area contributed by atoms with Crippen molar-refractivity contribution >= 4 is 26.8 Å². The largest absolute Gasteiger partial charge is 0.477 e. The van der Waals surface area contributed by atoms with Crippen molar-refractivity contribution < 1.29 is 4.74 Å². The number of aryl methyl sites for hydroxylation is 1. The second-order valence-electron chi connectivity index (χ2n) is 3.74. The minimum atomic E-state index is 0.794. The second-order valence-corrected chi connectivity index (χ2v) is 4.66. The lowest BCUT2D eigenvalue weighted by molar-refractivity contribution is 0.277. The Labute approximate surface area is 96.4 Å². The van der Waals surface area contributed by atoms with Gasteiger partial charge in [0.2, 0.25) is 5.88 Å². The number of benzene rings is 1. The maximum atomic E-state index is 5.54. The fourth-order valence-corrected chi connectivity index (χ4v) is 2.29. The van der Waals surface area contributed by atoms with E-state index < -0.39 is 0 Å². The lowest BCUT2D eigenvalue weighted by atomic mass is 10.1. The van der Waals surface area contributed by atoms with Gasteiger partial charge in [-0.3, -0.25) is 0 Å². The van der Waals surface area contributed by atoms with Crippen molar-refractivity contribution in [1.82, 2.24) is 4.98 Å². The zero-order chi connectivity index (χ0) is 10.3. The van der Waals surface area contributed by atoms with Crippen molar-refractivity contribution in [2.75, 3.05) is 6.61 Å². The number of aromatic nitrogens is 1. The molecule has 2 heterocycles. The Morgan fingerprint density at radius 3 is 3.13 bits per heavy atom. The maximum absolute atomic E-state index is 5.54. The lowest BCUT2D eigenvalue weighted by Crippen LogP contribution is -2.09. The Hall–Kier alpha value is -1.09. The van der Waals surface area contributed by atoms with Gasteiger partial charge in [-0.05, 0) is 37.1 Å². The van der Waals surface area contributed by atoms with Gasteiger partial charge in [0.15, 0.2) is 0 Å². The zero-order valence-corrected chi connectivity index (χ0v) is 9.75. The topological polar surface area (TPSA) is 22.1 Å². The molecule has 76 valence electrons. The highest BCUT2D eigenvalue weighted by Gasteiger charge is 2.12. The average molecular weight is 264 g/mol. The zero-order valence-electron chi connectivity index (χ0n) is 8.16. The van der Waals surface area contributed by atoms with E-state index in [-0.39, 0.29) is 0 Å². The third-order valence-corrected chi connectivity index (χ3v) is 3.14. The Morgan fingerprint density at radius 1 is 1.27 bits per heavy atom. The van der Waals surface area contributed by atoms with Gasteiger partial charge in [0, 0.05) is 15.4 Å². The number of hydrogen-bond donors (Lipinski definition) is 0. The minimum absolute atomic E-state index is 0.794. The summed E-state index contributed by atoms with van der Waals surface area (Å²) in [5, 5.41) is 1.17. The van der Waals surface area contributed by atoms with E-state index in [9.17, 15) is 0 Å². The molecule has 0 N–H and O–H groups in total. The van der Waals surface area contributed by atoms with Crippen LogP contribution in [0, 0.1) is 0 Å². The molecule has 1 aliphatic rings. The van der Waals surface area contributed by atoms with Crippen molar-refractivity contribution in [3.05, 3.63) is 34.3 Å². The summed E-state index contributed by atoms with van der Waals surface area (Å²) in [5.41, 5.74) is 2.23. The number of nitrogens with zero attached hydrogens (tertiary/aromatic N) is 1. The van der Waals surface area contributed by atoms with E-state index in [1.807, 2.05) is 12.1 Å². The Morgan fingerprint density at radius 2 is 2.20 bits per heavy atom. The van der Waals surface area contributed by atoms with Gasteiger partial charge in [0.25, 0.3) is 0 Å². The maximum Gasteiger partial charge on any atom is 0.217 e. The van der Waals surface area contributed by atoms with E-state index in [4.69, 9.17) is 4.74 Å². The summed E-state index contributed by atoms with van der Waals surface area (Å²) in [6.45, 7) is 0.794. The molecule has 1 aromatic carbocycles. The van der Waals surface area contributed by atoms with E-state index in [0.29, 0.717) is 0 Å². The molecule has 2 nitrogen and oxygen atoms in total. The number of rotatable bonds is 0. The number of pyridine rings is 1. The molecule has 2 aromatic rings. The summed E-state index contributed by atoms with van der Waals surface area (Å²) < 4.78 is 6.63. The van der Waals surface area contributed by atoms with Gasteiger partial charge in [0.1, 0.15) is 0 Å². The minimum Gasteiger partial charge on any atom is -0.477 e. The van der Waals surface area contributed by atoms with Crippen molar-refractivity contribution in [2.24, 2.45) is 0 Å². The molecule has 1 aliphatic heterocycles. The van der Waals surface area contributed by atoms with Gasteiger partial charge in [-0.1, -0.05) is 15.9 Å². The summed E-state index contributed by atoms with van der Waals surface area (Å²) in [6, 6.07) is 8.29. The van der Waals surface area contributed by atoms with E-state index in [0.717, 1.165) is 35.3 Å². The first kappa shape index (κ1) is 9.16. The smallest absolute Gasteiger partial charge is 0.217 e. The Balaban J connectivity index is 2.26. The standard InChI is InChI=1S/C12H10BrNO/c13-10-3-4-11-9(7-10)6-8-2-1-5-15-12(8)14-11/h3-4,6-7H,1-2,5H2. The predicted octanol–water partition coefficient (Wildman–Crippen LogP) is 3.32. The third-order valence-electron chi connectivity index (χ3n) is 2.65. The number of hydrogen-bond acceptors (Lipinski definition) is 2. The monoisotopic (exact) mass is 263 g/mol. The van der Waals surface area contributed by atoms with Crippen LogP contribution in [0.2, 0.25) is 0 Å². The molecule has 0 saturated heterocycles. The molecular formula is C12H10BrNO. The highest BCUT2D eigenvalue weighted by molar-refractivity contribution is 9.10. The van der Waals surface area contributed by atoms with Gasteiger partial charge in [-0.15, -0.1) is 0 Å². The molecule has 0 bridgehead atoms. The summed E-state index contributed by atoms with van der Waals surface area (Å²) >= 11 is 3.47. The predicted molar refractivity (Wildman–Crippen MR) is 63.3 cm³/mol. The van der Waals surface area contributed by atoms with E-state index in [2.05, 4.69) is 33.0 Å². The lowest BCUT2D eigenvalue weighted by Gasteiger charge is -2.16. The van der Waals surface area contributed by atoms with E-state index in [1.54, 1.807) is 0 Å². The molecular weight excluding hydrogens is 254 g/mol. The molecule has 15 heavy (non-hydrogen) atoms. The molecule has 0 atom stereocenters. The average Bonchev–Trinajstić information content (AvgIpc) is 2.26. The second kappa shape index (κ2) is 3.49. The van der Waals surface area contributed by atoms with Gasteiger partial charge in [-0.2, -0.15) is 0 Å². The summed E-state index contributed by atoms with van der Waals surface area (Å²) in [5.74, 6) is 0.816. The van der Waals surface area contributed by atoms with Gasteiger partial charge < -0.3 is 4.74 Å². The molecule has 0 spiro atoms. The third kappa shape index (κ3) is 1.61.